The van der Waals surface area contributed by atoms with Crippen LogP contribution in [0.1, 0.15) is 40.5 Å². The van der Waals surface area contributed by atoms with Crippen molar-refractivity contribution in [2.24, 2.45) is 0 Å². The van der Waals surface area contributed by atoms with E-state index in [-0.39, 0.29) is 18.1 Å². The lowest BCUT2D eigenvalue weighted by molar-refractivity contribution is -0.154. The van der Waals surface area contributed by atoms with Gasteiger partial charge in [0.2, 0.25) is 0 Å². The number of hydrogen-bond donors (Lipinski definition) is 1. The zero-order valence-electron chi connectivity index (χ0n) is 18.1. The molecule has 1 aliphatic heterocycles. The van der Waals surface area contributed by atoms with E-state index in [1.807, 2.05) is 0 Å². The number of fused-ring (bicyclic) bond motifs is 1. The topological polar surface area (TPSA) is 111 Å². The summed E-state index contributed by atoms with van der Waals surface area (Å²) in [5.41, 5.74) is -1.63. The molecule has 1 amide bonds. The molecule has 3 rings (SSSR count). The van der Waals surface area contributed by atoms with Crippen LogP contribution in [0.3, 0.4) is 0 Å². The van der Waals surface area contributed by atoms with E-state index < -0.39 is 29.3 Å². The van der Waals surface area contributed by atoms with Crippen molar-refractivity contribution < 1.29 is 28.9 Å². The number of methoxy groups -OCH3 is 1. The number of rotatable bonds is 4. The highest BCUT2D eigenvalue weighted by Crippen LogP contribution is 2.38. The Morgan fingerprint density at radius 1 is 1.26 bits per heavy atom. The standard InChI is InChI=1S/C21H26ClN3O6/c1-20(2,3)31-19(28)25-7-6-12(10-21(25,4)18(26)27)30-16-8-13-14(9-15(16)29-5)23-11-24-17(13)22/h8-9,11-12H,6-7,10H2,1-5H3,(H,26,27)/t12-,21+/m1/s1. The average Bonchev–Trinajstić information content (AvgIpc) is 2.66. The molecule has 2 heterocycles. The normalized spacial score (nSPS) is 21.6. The maximum Gasteiger partial charge on any atom is 0.411 e. The molecular formula is C21H26ClN3O6. The van der Waals surface area contributed by atoms with Crippen molar-refractivity contribution in [2.45, 2.75) is 57.8 Å². The number of carboxylic acid groups (broad SMARTS) is 1. The molecule has 0 spiro atoms. The highest BCUT2D eigenvalue weighted by Gasteiger charge is 2.49. The Balaban J connectivity index is 1.87. The van der Waals surface area contributed by atoms with E-state index in [4.69, 9.17) is 25.8 Å². The van der Waals surface area contributed by atoms with Gasteiger partial charge in [-0.15, -0.1) is 0 Å². The number of aromatic nitrogens is 2. The fourth-order valence-corrected chi connectivity index (χ4v) is 3.75. The van der Waals surface area contributed by atoms with Crippen LogP contribution in [-0.2, 0) is 9.53 Å². The highest BCUT2D eigenvalue weighted by molar-refractivity contribution is 6.34. The molecule has 1 aromatic carbocycles. The number of aliphatic carboxylic acids is 1. The molecule has 1 saturated heterocycles. The second kappa shape index (κ2) is 8.37. The number of benzene rings is 1. The van der Waals surface area contributed by atoms with Gasteiger partial charge in [0.05, 0.1) is 12.6 Å². The lowest BCUT2D eigenvalue weighted by Gasteiger charge is -2.44. The van der Waals surface area contributed by atoms with Gasteiger partial charge < -0.3 is 19.3 Å². The van der Waals surface area contributed by atoms with Crippen LogP contribution in [0.2, 0.25) is 5.15 Å². The third-order valence-electron chi connectivity index (χ3n) is 5.14. The molecule has 1 N–H and O–H groups in total. The molecule has 0 unspecified atom stereocenters. The predicted molar refractivity (Wildman–Crippen MR) is 114 cm³/mol. The molecule has 168 valence electrons. The SMILES string of the molecule is COc1cc2ncnc(Cl)c2cc1O[C@@H]1CCN(C(=O)OC(C)(C)C)[C@](C)(C(=O)O)C1. The Morgan fingerprint density at radius 3 is 2.58 bits per heavy atom. The number of nitrogens with zero attached hydrogens (tertiary/aromatic N) is 3. The summed E-state index contributed by atoms with van der Waals surface area (Å²) >= 11 is 6.18. The molecule has 0 aliphatic carbocycles. The third kappa shape index (κ3) is 4.76. The van der Waals surface area contributed by atoms with Gasteiger partial charge in [-0.3, -0.25) is 4.90 Å². The summed E-state index contributed by atoms with van der Waals surface area (Å²) in [5.74, 6) is -0.294. The van der Waals surface area contributed by atoms with Crippen LogP contribution >= 0.6 is 11.6 Å². The minimum Gasteiger partial charge on any atom is -0.493 e. The number of carbonyl (C=O) groups excluding carboxylic acids is 1. The van der Waals surface area contributed by atoms with Crippen LogP contribution in [-0.4, -0.2) is 62.9 Å². The fraction of sp³-hybridized carbons (Fsp3) is 0.524. The second-order valence-electron chi connectivity index (χ2n) is 8.63. The zero-order chi connectivity index (χ0) is 23.0. The Bertz CT molecular complexity index is 1010. The van der Waals surface area contributed by atoms with Gasteiger partial charge in [0.15, 0.2) is 11.5 Å². The molecule has 1 aliphatic rings. The first-order chi connectivity index (χ1) is 14.4. The first-order valence-corrected chi connectivity index (χ1v) is 10.2. The van der Waals surface area contributed by atoms with E-state index in [1.54, 1.807) is 32.9 Å². The number of halogens is 1. The van der Waals surface area contributed by atoms with Crippen LogP contribution in [0.15, 0.2) is 18.5 Å². The summed E-state index contributed by atoms with van der Waals surface area (Å²) in [6, 6.07) is 3.36. The largest absolute Gasteiger partial charge is 0.493 e. The zero-order valence-corrected chi connectivity index (χ0v) is 18.9. The van der Waals surface area contributed by atoms with Crippen molar-refractivity contribution >= 4 is 34.6 Å². The lowest BCUT2D eigenvalue weighted by Crippen LogP contribution is -2.61. The maximum atomic E-state index is 12.6. The van der Waals surface area contributed by atoms with E-state index in [9.17, 15) is 14.7 Å². The molecule has 10 heteroatoms. The quantitative estimate of drug-likeness (QED) is 0.696. The highest BCUT2D eigenvalue weighted by atomic mass is 35.5. The summed E-state index contributed by atoms with van der Waals surface area (Å²) in [6.45, 7) is 6.87. The number of piperidine rings is 1. The molecule has 2 atom stereocenters. The van der Waals surface area contributed by atoms with Crippen molar-refractivity contribution in [2.75, 3.05) is 13.7 Å². The number of hydrogen-bond acceptors (Lipinski definition) is 7. The Hall–Kier alpha value is -2.81. The van der Waals surface area contributed by atoms with Gasteiger partial charge in [0.1, 0.15) is 28.7 Å². The van der Waals surface area contributed by atoms with Crippen molar-refractivity contribution in [1.82, 2.24) is 14.9 Å². The van der Waals surface area contributed by atoms with Gasteiger partial charge in [0.25, 0.3) is 0 Å². The van der Waals surface area contributed by atoms with E-state index in [1.165, 1.54) is 25.3 Å². The van der Waals surface area contributed by atoms with Gasteiger partial charge in [-0.2, -0.15) is 0 Å². The fourth-order valence-electron chi connectivity index (χ4n) is 3.55. The summed E-state index contributed by atoms with van der Waals surface area (Å²) < 4.78 is 17.0. The smallest absolute Gasteiger partial charge is 0.411 e. The third-order valence-corrected chi connectivity index (χ3v) is 5.44. The summed E-state index contributed by atoms with van der Waals surface area (Å²) in [7, 11) is 1.50. The number of carbonyl (C=O) groups is 2. The number of likely N-dealkylation sites (tertiary alicyclic amines) is 1. The molecule has 31 heavy (non-hydrogen) atoms. The molecule has 1 aromatic heterocycles. The molecule has 2 aromatic rings. The molecule has 0 saturated carbocycles. The molecular weight excluding hydrogens is 426 g/mol. The first kappa shape index (κ1) is 22.9. The number of amides is 1. The van der Waals surface area contributed by atoms with Gasteiger partial charge in [0, 0.05) is 30.8 Å². The van der Waals surface area contributed by atoms with E-state index >= 15 is 0 Å². The van der Waals surface area contributed by atoms with E-state index in [0.717, 1.165) is 0 Å². The minimum atomic E-state index is -1.49. The van der Waals surface area contributed by atoms with Crippen LogP contribution < -0.4 is 9.47 Å². The van der Waals surface area contributed by atoms with E-state index in [2.05, 4.69) is 9.97 Å². The van der Waals surface area contributed by atoms with E-state index in [0.29, 0.717) is 28.8 Å². The Morgan fingerprint density at radius 2 is 1.97 bits per heavy atom. The van der Waals surface area contributed by atoms with Crippen molar-refractivity contribution in [1.29, 1.82) is 0 Å². The Kier molecular flexibility index (Phi) is 6.18. The summed E-state index contributed by atoms with van der Waals surface area (Å²) in [4.78, 5) is 34.2. The average molecular weight is 452 g/mol. The lowest BCUT2D eigenvalue weighted by atomic mass is 9.87. The molecule has 9 nitrogen and oxygen atoms in total. The van der Waals surface area contributed by atoms with Crippen molar-refractivity contribution in [3.63, 3.8) is 0 Å². The summed E-state index contributed by atoms with van der Waals surface area (Å²) in [5, 5.41) is 10.8. The Labute approximate surface area is 185 Å². The predicted octanol–water partition coefficient (Wildman–Crippen LogP) is 3.91. The number of ether oxygens (including phenoxy) is 3. The van der Waals surface area contributed by atoms with Gasteiger partial charge in [-0.05, 0) is 33.8 Å². The van der Waals surface area contributed by atoms with Crippen LogP contribution in [0, 0.1) is 0 Å². The van der Waals surface area contributed by atoms with Gasteiger partial charge >= 0.3 is 12.1 Å². The van der Waals surface area contributed by atoms with Crippen LogP contribution in [0.25, 0.3) is 10.9 Å². The van der Waals surface area contributed by atoms with Gasteiger partial charge in [-0.25, -0.2) is 19.6 Å². The number of carboxylic acids is 1. The van der Waals surface area contributed by atoms with Crippen LogP contribution in [0.4, 0.5) is 4.79 Å². The van der Waals surface area contributed by atoms with Crippen LogP contribution in [0.5, 0.6) is 11.5 Å². The first-order valence-electron chi connectivity index (χ1n) is 9.83. The molecule has 0 radical (unpaired) electrons. The van der Waals surface area contributed by atoms with Crippen molar-refractivity contribution in [3.05, 3.63) is 23.6 Å². The summed E-state index contributed by atoms with van der Waals surface area (Å²) in [6.07, 6.45) is 0.706. The van der Waals surface area contributed by atoms with Gasteiger partial charge in [-0.1, -0.05) is 11.6 Å². The molecule has 0 bridgehead atoms. The molecule has 1 fully saturated rings. The monoisotopic (exact) mass is 451 g/mol. The van der Waals surface area contributed by atoms with Crippen molar-refractivity contribution in [3.8, 4) is 11.5 Å². The maximum absolute atomic E-state index is 12.6. The second-order valence-corrected chi connectivity index (χ2v) is 8.99. The minimum absolute atomic E-state index is 0.0712.